The third kappa shape index (κ3) is 1.37. The normalized spacial score (nSPS) is 11.1. The maximum Gasteiger partial charge on any atom is 0.222 e. The Morgan fingerprint density at radius 3 is 3.00 bits per heavy atom. The molecule has 3 heterocycles. The Kier molecular flexibility index (Phi) is 1.94. The molecule has 0 saturated heterocycles. The Bertz CT molecular complexity index is 653. The van der Waals surface area contributed by atoms with Gasteiger partial charge in [0.2, 0.25) is 5.95 Å². The summed E-state index contributed by atoms with van der Waals surface area (Å²) in [6, 6.07) is 4.08. The van der Waals surface area contributed by atoms with Gasteiger partial charge in [0.1, 0.15) is 5.65 Å². The zero-order chi connectivity index (χ0) is 11.1. The first-order chi connectivity index (χ1) is 7.74. The molecule has 4 nitrogen and oxygen atoms in total. The number of nitrogens with two attached hydrogens (primary N) is 1. The van der Waals surface area contributed by atoms with Crippen molar-refractivity contribution in [3.05, 3.63) is 29.3 Å². The molecular formula is C11H10N4S. The summed E-state index contributed by atoms with van der Waals surface area (Å²) in [5.74, 6) is 0.302. The lowest BCUT2D eigenvalue weighted by Crippen LogP contribution is -1.96. The molecule has 0 amide bonds. The van der Waals surface area contributed by atoms with Gasteiger partial charge in [-0.05, 0) is 30.0 Å². The number of nitrogens with one attached hydrogen (secondary N) is 1. The molecule has 3 aromatic heterocycles. The molecule has 0 aromatic carbocycles. The maximum atomic E-state index is 5.69. The number of thiophene rings is 1. The van der Waals surface area contributed by atoms with E-state index in [1.165, 1.54) is 5.56 Å². The number of nitrogen functional groups attached to an aromatic ring is 1. The number of aryl methyl sites for hydroxylation is 1. The third-order valence-electron chi connectivity index (χ3n) is 2.40. The number of fused-ring (bicyclic) bond motifs is 1. The lowest BCUT2D eigenvalue weighted by molar-refractivity contribution is 1.22. The predicted octanol–water partition coefficient (Wildman–Crippen LogP) is 2.58. The molecule has 0 aliphatic rings. The minimum atomic E-state index is 0.302. The van der Waals surface area contributed by atoms with Crippen LogP contribution in [0.25, 0.3) is 21.6 Å². The fraction of sp³-hybridized carbons (Fsp3) is 0.0909. The van der Waals surface area contributed by atoms with Crippen LogP contribution in [0.5, 0.6) is 0 Å². The van der Waals surface area contributed by atoms with Crippen LogP contribution in [0.1, 0.15) is 5.56 Å². The van der Waals surface area contributed by atoms with Crippen LogP contribution in [0.15, 0.2) is 23.7 Å². The molecule has 5 heteroatoms. The molecule has 3 aromatic rings. The predicted molar refractivity (Wildman–Crippen MR) is 66.4 cm³/mol. The van der Waals surface area contributed by atoms with E-state index in [1.807, 2.05) is 12.3 Å². The summed E-state index contributed by atoms with van der Waals surface area (Å²) < 4.78 is 0. The molecule has 0 atom stereocenters. The second kappa shape index (κ2) is 3.31. The Hall–Kier alpha value is -1.88. The van der Waals surface area contributed by atoms with Gasteiger partial charge in [-0.15, -0.1) is 11.3 Å². The van der Waals surface area contributed by atoms with Gasteiger partial charge in [0.25, 0.3) is 0 Å². The van der Waals surface area contributed by atoms with Gasteiger partial charge in [-0.3, -0.25) is 0 Å². The van der Waals surface area contributed by atoms with Crippen LogP contribution in [0.2, 0.25) is 0 Å². The van der Waals surface area contributed by atoms with Crippen molar-refractivity contribution in [3.8, 4) is 10.6 Å². The van der Waals surface area contributed by atoms with Crippen LogP contribution in [0.4, 0.5) is 5.95 Å². The highest BCUT2D eigenvalue weighted by atomic mass is 32.1. The Balaban J connectivity index is 2.33. The number of hydrogen-bond donors (Lipinski definition) is 2. The van der Waals surface area contributed by atoms with Crippen LogP contribution < -0.4 is 5.73 Å². The van der Waals surface area contributed by atoms with Crippen LogP contribution in [-0.2, 0) is 0 Å². The molecule has 0 radical (unpaired) electrons. The van der Waals surface area contributed by atoms with E-state index in [4.69, 9.17) is 5.73 Å². The Labute approximate surface area is 96.2 Å². The van der Waals surface area contributed by atoms with Gasteiger partial charge in [0.15, 0.2) is 0 Å². The highest BCUT2D eigenvalue weighted by Gasteiger charge is 2.10. The SMILES string of the molecule is Cc1csc(-c2nc(N)nc3[nH]ccc23)c1. The van der Waals surface area contributed by atoms with Gasteiger partial charge in [0, 0.05) is 11.6 Å². The van der Waals surface area contributed by atoms with Crippen molar-refractivity contribution in [1.29, 1.82) is 0 Å². The topological polar surface area (TPSA) is 67.6 Å². The first kappa shape index (κ1) is 9.35. The summed E-state index contributed by atoms with van der Waals surface area (Å²) in [7, 11) is 0. The molecule has 16 heavy (non-hydrogen) atoms. The Morgan fingerprint density at radius 2 is 2.25 bits per heavy atom. The zero-order valence-electron chi connectivity index (χ0n) is 8.69. The van der Waals surface area contributed by atoms with Gasteiger partial charge in [-0.1, -0.05) is 0 Å². The van der Waals surface area contributed by atoms with Gasteiger partial charge in [0.05, 0.1) is 10.6 Å². The molecule has 3 rings (SSSR count). The minimum absolute atomic E-state index is 0.302. The second-order valence-corrected chi connectivity index (χ2v) is 4.57. The number of H-pyrrole nitrogens is 1. The molecule has 0 bridgehead atoms. The monoisotopic (exact) mass is 230 g/mol. The summed E-state index contributed by atoms with van der Waals surface area (Å²) in [6.45, 7) is 2.07. The Morgan fingerprint density at radius 1 is 1.38 bits per heavy atom. The highest BCUT2D eigenvalue weighted by molar-refractivity contribution is 7.13. The smallest absolute Gasteiger partial charge is 0.222 e. The van der Waals surface area contributed by atoms with E-state index in [0.717, 1.165) is 21.6 Å². The fourth-order valence-corrected chi connectivity index (χ4v) is 2.60. The van der Waals surface area contributed by atoms with E-state index in [9.17, 15) is 0 Å². The molecule has 0 aliphatic carbocycles. The number of aromatic nitrogens is 3. The van der Waals surface area contributed by atoms with E-state index in [-0.39, 0.29) is 0 Å². The average Bonchev–Trinajstić information content (AvgIpc) is 2.84. The molecule has 80 valence electrons. The molecule has 3 N–H and O–H groups in total. The quantitative estimate of drug-likeness (QED) is 0.675. The van der Waals surface area contributed by atoms with Gasteiger partial charge < -0.3 is 10.7 Å². The summed E-state index contributed by atoms with van der Waals surface area (Å²) in [6.07, 6.45) is 1.85. The molecular weight excluding hydrogens is 220 g/mol. The fourth-order valence-electron chi connectivity index (χ4n) is 1.70. The van der Waals surface area contributed by atoms with Crippen molar-refractivity contribution in [2.24, 2.45) is 0 Å². The lowest BCUT2D eigenvalue weighted by atomic mass is 10.2. The van der Waals surface area contributed by atoms with Gasteiger partial charge in [-0.2, -0.15) is 4.98 Å². The standard InChI is InChI=1S/C11H10N4S/c1-6-4-8(16-5-6)9-7-2-3-13-10(7)15-11(12)14-9/h2-5H,1H3,(H3,12,13,14,15). The van der Waals surface area contributed by atoms with Crippen molar-refractivity contribution in [1.82, 2.24) is 15.0 Å². The molecule has 0 fully saturated rings. The summed E-state index contributed by atoms with van der Waals surface area (Å²) in [5, 5.41) is 3.11. The van der Waals surface area contributed by atoms with Gasteiger partial charge >= 0.3 is 0 Å². The van der Waals surface area contributed by atoms with Crippen LogP contribution in [0, 0.1) is 6.92 Å². The highest BCUT2D eigenvalue weighted by Crippen LogP contribution is 2.30. The number of nitrogens with zero attached hydrogens (tertiary/aromatic N) is 2. The van der Waals surface area contributed by atoms with E-state index < -0.39 is 0 Å². The minimum Gasteiger partial charge on any atom is -0.368 e. The van der Waals surface area contributed by atoms with E-state index >= 15 is 0 Å². The lowest BCUT2D eigenvalue weighted by Gasteiger charge is -2.00. The zero-order valence-corrected chi connectivity index (χ0v) is 9.51. The summed E-state index contributed by atoms with van der Waals surface area (Å²) >= 11 is 1.67. The number of rotatable bonds is 1. The van der Waals surface area contributed by atoms with E-state index in [0.29, 0.717) is 5.95 Å². The number of hydrogen-bond acceptors (Lipinski definition) is 4. The van der Waals surface area contributed by atoms with E-state index in [2.05, 4.69) is 33.3 Å². The third-order valence-corrected chi connectivity index (χ3v) is 3.45. The summed E-state index contributed by atoms with van der Waals surface area (Å²) in [5.41, 5.74) is 8.62. The maximum absolute atomic E-state index is 5.69. The molecule has 0 spiro atoms. The largest absolute Gasteiger partial charge is 0.368 e. The first-order valence-corrected chi connectivity index (χ1v) is 5.78. The number of anilines is 1. The van der Waals surface area contributed by atoms with Crippen molar-refractivity contribution in [2.45, 2.75) is 6.92 Å². The van der Waals surface area contributed by atoms with Crippen LogP contribution >= 0.6 is 11.3 Å². The first-order valence-electron chi connectivity index (χ1n) is 4.90. The van der Waals surface area contributed by atoms with Crippen molar-refractivity contribution >= 4 is 28.3 Å². The summed E-state index contributed by atoms with van der Waals surface area (Å²) in [4.78, 5) is 12.6. The van der Waals surface area contributed by atoms with Crippen molar-refractivity contribution < 1.29 is 0 Å². The number of aromatic amines is 1. The molecule has 0 unspecified atom stereocenters. The van der Waals surface area contributed by atoms with Crippen molar-refractivity contribution in [3.63, 3.8) is 0 Å². The second-order valence-electron chi connectivity index (χ2n) is 3.66. The van der Waals surface area contributed by atoms with Crippen LogP contribution in [0.3, 0.4) is 0 Å². The van der Waals surface area contributed by atoms with E-state index in [1.54, 1.807) is 11.3 Å². The van der Waals surface area contributed by atoms with Crippen LogP contribution in [-0.4, -0.2) is 15.0 Å². The average molecular weight is 230 g/mol. The van der Waals surface area contributed by atoms with Crippen molar-refractivity contribution in [2.75, 3.05) is 5.73 Å². The van der Waals surface area contributed by atoms with Gasteiger partial charge in [-0.25, -0.2) is 4.98 Å². The molecule has 0 aliphatic heterocycles. The molecule has 0 saturated carbocycles.